The fourth-order valence-electron chi connectivity index (χ4n) is 4.05. The van der Waals surface area contributed by atoms with Crippen LogP contribution in [0.15, 0.2) is 6.20 Å². The highest BCUT2D eigenvalue weighted by molar-refractivity contribution is 5.79. The first-order valence-electron chi connectivity index (χ1n) is 9.44. The molecule has 3 aliphatic rings. The third kappa shape index (κ3) is 3.28. The van der Waals surface area contributed by atoms with E-state index in [9.17, 15) is 10.1 Å². The van der Waals surface area contributed by atoms with Crippen LogP contribution in [0.25, 0.3) is 0 Å². The number of hydrogen-bond donors (Lipinski definition) is 1. The third-order valence-corrected chi connectivity index (χ3v) is 5.92. The van der Waals surface area contributed by atoms with Crippen LogP contribution in [-0.4, -0.2) is 34.1 Å². The number of amides is 1. The van der Waals surface area contributed by atoms with Crippen LogP contribution < -0.4 is 5.32 Å². The van der Waals surface area contributed by atoms with Crippen LogP contribution >= 0.6 is 0 Å². The Morgan fingerprint density at radius 3 is 2.80 bits per heavy atom. The molecule has 1 amide bonds. The maximum atomic E-state index is 12.6. The SMILES string of the molecule is N#CC1(n2cc([C@H](NC(=O)C3CCOC3)C3CCCCC3)nn2)CC1. The van der Waals surface area contributed by atoms with Crippen molar-refractivity contribution in [2.75, 3.05) is 13.2 Å². The summed E-state index contributed by atoms with van der Waals surface area (Å²) in [5.41, 5.74) is 0.284. The van der Waals surface area contributed by atoms with Gasteiger partial charge in [0.2, 0.25) is 5.91 Å². The van der Waals surface area contributed by atoms with Crippen molar-refractivity contribution in [3.8, 4) is 6.07 Å². The lowest BCUT2D eigenvalue weighted by molar-refractivity contribution is -0.126. The molecule has 0 radical (unpaired) electrons. The summed E-state index contributed by atoms with van der Waals surface area (Å²) in [7, 11) is 0. The van der Waals surface area contributed by atoms with Crippen LogP contribution in [0.2, 0.25) is 0 Å². The highest BCUT2D eigenvalue weighted by Gasteiger charge is 2.47. The van der Waals surface area contributed by atoms with Gasteiger partial charge in [0, 0.05) is 6.61 Å². The molecule has 2 atom stereocenters. The number of nitrogens with zero attached hydrogens (tertiary/aromatic N) is 4. The molecule has 1 N–H and O–H groups in total. The second kappa shape index (κ2) is 6.75. The Morgan fingerprint density at radius 1 is 1.36 bits per heavy atom. The van der Waals surface area contributed by atoms with Gasteiger partial charge in [-0.15, -0.1) is 5.10 Å². The third-order valence-electron chi connectivity index (χ3n) is 5.92. The maximum Gasteiger partial charge on any atom is 0.226 e. The monoisotopic (exact) mass is 343 g/mol. The molecule has 2 saturated carbocycles. The minimum atomic E-state index is -0.508. The summed E-state index contributed by atoms with van der Waals surface area (Å²) in [5, 5.41) is 21.2. The molecule has 2 heterocycles. The van der Waals surface area contributed by atoms with E-state index in [1.807, 2.05) is 6.20 Å². The quantitative estimate of drug-likeness (QED) is 0.883. The zero-order valence-electron chi connectivity index (χ0n) is 14.5. The van der Waals surface area contributed by atoms with Crippen molar-refractivity contribution < 1.29 is 9.53 Å². The van der Waals surface area contributed by atoms with E-state index in [0.29, 0.717) is 19.1 Å². The van der Waals surface area contributed by atoms with Crippen molar-refractivity contribution in [2.24, 2.45) is 11.8 Å². The van der Waals surface area contributed by atoms with Gasteiger partial charge in [-0.1, -0.05) is 24.5 Å². The van der Waals surface area contributed by atoms with Gasteiger partial charge in [-0.25, -0.2) is 4.68 Å². The number of rotatable bonds is 5. The summed E-state index contributed by atoms with van der Waals surface area (Å²) in [6, 6.07) is 2.23. The summed E-state index contributed by atoms with van der Waals surface area (Å²) >= 11 is 0. The highest BCUT2D eigenvalue weighted by Crippen LogP contribution is 2.43. The summed E-state index contributed by atoms with van der Waals surface area (Å²) in [6.07, 6.45) is 10.2. The molecule has 7 nitrogen and oxygen atoms in total. The van der Waals surface area contributed by atoms with Crippen LogP contribution in [0.1, 0.15) is 63.1 Å². The molecule has 4 rings (SSSR count). The van der Waals surface area contributed by atoms with Gasteiger partial charge in [0.1, 0.15) is 5.69 Å². The van der Waals surface area contributed by atoms with E-state index in [-0.39, 0.29) is 17.9 Å². The largest absolute Gasteiger partial charge is 0.381 e. The Kier molecular flexibility index (Phi) is 4.46. The van der Waals surface area contributed by atoms with E-state index in [4.69, 9.17) is 4.74 Å². The van der Waals surface area contributed by atoms with Crippen molar-refractivity contribution >= 4 is 5.91 Å². The minimum absolute atomic E-state index is 0.0593. The lowest BCUT2D eigenvalue weighted by Crippen LogP contribution is -2.38. The molecule has 1 aliphatic heterocycles. The Morgan fingerprint density at radius 2 is 2.16 bits per heavy atom. The molecule has 0 spiro atoms. The van der Waals surface area contributed by atoms with E-state index in [1.54, 1.807) is 4.68 Å². The van der Waals surface area contributed by atoms with Crippen LogP contribution in [0, 0.1) is 23.2 Å². The Hall–Kier alpha value is -1.94. The number of carbonyl (C=O) groups is 1. The summed E-state index contributed by atoms with van der Waals surface area (Å²) < 4.78 is 7.05. The Bertz CT molecular complexity index is 663. The first-order valence-corrected chi connectivity index (χ1v) is 9.44. The van der Waals surface area contributed by atoms with E-state index in [0.717, 1.165) is 37.8 Å². The van der Waals surface area contributed by atoms with E-state index < -0.39 is 5.54 Å². The molecule has 134 valence electrons. The van der Waals surface area contributed by atoms with Crippen molar-refractivity contribution in [1.29, 1.82) is 5.26 Å². The van der Waals surface area contributed by atoms with Crippen molar-refractivity contribution in [3.05, 3.63) is 11.9 Å². The molecular weight excluding hydrogens is 318 g/mol. The fourth-order valence-corrected chi connectivity index (χ4v) is 4.05. The van der Waals surface area contributed by atoms with Crippen LogP contribution in [0.4, 0.5) is 0 Å². The van der Waals surface area contributed by atoms with Gasteiger partial charge in [-0.2, -0.15) is 5.26 Å². The highest BCUT2D eigenvalue weighted by atomic mass is 16.5. The van der Waals surface area contributed by atoms with Crippen molar-refractivity contribution in [1.82, 2.24) is 20.3 Å². The zero-order valence-corrected chi connectivity index (χ0v) is 14.5. The van der Waals surface area contributed by atoms with Crippen molar-refractivity contribution in [3.63, 3.8) is 0 Å². The lowest BCUT2D eigenvalue weighted by Gasteiger charge is -2.30. The standard InChI is InChI=1S/C18H25N5O2/c19-12-18(7-8-18)23-10-15(21-22-23)16(13-4-2-1-3-5-13)20-17(24)14-6-9-25-11-14/h10,13-14,16H,1-9,11H2,(H,20,24)/t14?,16-/m1/s1. The fraction of sp³-hybridized carbons (Fsp3) is 0.778. The van der Waals surface area contributed by atoms with Gasteiger partial charge >= 0.3 is 0 Å². The van der Waals surface area contributed by atoms with E-state index in [2.05, 4.69) is 21.7 Å². The predicted octanol–water partition coefficient (Wildman–Crippen LogP) is 2.06. The van der Waals surface area contributed by atoms with Gasteiger partial charge in [-0.3, -0.25) is 4.79 Å². The van der Waals surface area contributed by atoms with Gasteiger partial charge in [0.05, 0.1) is 30.8 Å². The van der Waals surface area contributed by atoms with Crippen LogP contribution in [-0.2, 0) is 15.1 Å². The molecule has 3 fully saturated rings. The average molecular weight is 343 g/mol. The molecule has 2 aliphatic carbocycles. The van der Waals surface area contributed by atoms with E-state index >= 15 is 0 Å². The second-order valence-electron chi connectivity index (χ2n) is 7.68. The molecule has 1 unspecified atom stereocenters. The normalized spacial score (nSPS) is 26.8. The van der Waals surface area contributed by atoms with Crippen LogP contribution in [0.3, 0.4) is 0 Å². The summed E-state index contributed by atoms with van der Waals surface area (Å²) in [6.45, 7) is 1.17. The predicted molar refractivity (Wildman–Crippen MR) is 89.2 cm³/mol. The van der Waals surface area contributed by atoms with Gasteiger partial charge in [0.15, 0.2) is 5.54 Å². The maximum absolute atomic E-state index is 12.6. The second-order valence-corrected chi connectivity index (χ2v) is 7.68. The smallest absolute Gasteiger partial charge is 0.226 e. The molecule has 0 aromatic carbocycles. The topological polar surface area (TPSA) is 92.8 Å². The molecule has 25 heavy (non-hydrogen) atoms. The van der Waals surface area contributed by atoms with Gasteiger partial charge in [-0.05, 0) is 38.0 Å². The number of nitrogens with one attached hydrogen (secondary N) is 1. The Labute approximate surface area is 147 Å². The Balaban J connectivity index is 1.54. The average Bonchev–Trinajstić information content (AvgIpc) is 3.05. The number of hydrogen-bond acceptors (Lipinski definition) is 5. The summed E-state index contributed by atoms with van der Waals surface area (Å²) in [5.74, 6) is 0.390. The van der Waals surface area contributed by atoms with Crippen LogP contribution in [0.5, 0.6) is 0 Å². The first kappa shape index (κ1) is 16.5. The number of carbonyl (C=O) groups excluding carboxylic acids is 1. The molecule has 1 aromatic rings. The summed E-state index contributed by atoms with van der Waals surface area (Å²) in [4.78, 5) is 12.6. The molecule has 7 heteroatoms. The van der Waals surface area contributed by atoms with E-state index in [1.165, 1.54) is 19.3 Å². The van der Waals surface area contributed by atoms with Gasteiger partial charge < -0.3 is 10.1 Å². The number of nitriles is 1. The van der Waals surface area contributed by atoms with Crippen molar-refractivity contribution in [2.45, 2.75) is 62.9 Å². The lowest BCUT2D eigenvalue weighted by atomic mass is 9.82. The molecule has 0 bridgehead atoms. The van der Waals surface area contributed by atoms with Gasteiger partial charge in [0.25, 0.3) is 0 Å². The minimum Gasteiger partial charge on any atom is -0.381 e. The molecular formula is C18H25N5O2. The zero-order chi connectivity index (χ0) is 17.3. The first-order chi connectivity index (χ1) is 12.2. The molecule has 1 saturated heterocycles. The number of aromatic nitrogens is 3. The number of ether oxygens (including phenoxy) is 1. The molecule has 1 aromatic heterocycles.